The molecule has 0 aliphatic carbocycles. The topological polar surface area (TPSA) is 119 Å². The predicted molar refractivity (Wildman–Crippen MR) is 75.7 cm³/mol. The number of nitro benzene ring substituents is 1. The van der Waals surface area contributed by atoms with E-state index in [1.54, 1.807) is 13.8 Å². The highest BCUT2D eigenvalue weighted by Gasteiger charge is 2.25. The van der Waals surface area contributed by atoms with Gasteiger partial charge in [-0.1, -0.05) is 0 Å². The molecule has 0 radical (unpaired) electrons. The van der Waals surface area contributed by atoms with Gasteiger partial charge in [0.2, 0.25) is 10.0 Å². The first-order valence-electron chi connectivity index (χ1n) is 6.20. The standard InChI is InChI=1S/C12H18N2O6S/c1-8(6-9(2)15)13-21(18,19)12-7-10(14(16)17)4-5-11(12)20-3/h4-5,7-9,13,15H,6H2,1-3H3. The fourth-order valence-corrected chi connectivity index (χ4v) is 3.32. The minimum Gasteiger partial charge on any atom is -0.495 e. The Morgan fingerprint density at radius 1 is 1.43 bits per heavy atom. The van der Waals surface area contributed by atoms with Crippen LogP contribution in [0.4, 0.5) is 5.69 Å². The van der Waals surface area contributed by atoms with E-state index in [4.69, 9.17) is 4.74 Å². The smallest absolute Gasteiger partial charge is 0.271 e. The van der Waals surface area contributed by atoms with Crippen LogP contribution in [0.5, 0.6) is 5.75 Å². The molecule has 1 aromatic carbocycles. The minimum absolute atomic E-state index is 0.0114. The summed E-state index contributed by atoms with van der Waals surface area (Å²) in [5.41, 5.74) is -0.348. The van der Waals surface area contributed by atoms with Gasteiger partial charge in [-0.3, -0.25) is 10.1 Å². The zero-order valence-corrected chi connectivity index (χ0v) is 12.8. The van der Waals surface area contributed by atoms with E-state index < -0.39 is 27.1 Å². The van der Waals surface area contributed by atoms with Gasteiger partial charge in [-0.05, 0) is 26.3 Å². The second-order valence-corrected chi connectivity index (χ2v) is 6.38. The molecule has 2 atom stereocenters. The SMILES string of the molecule is COc1ccc([N+](=O)[O-])cc1S(=O)(=O)NC(C)CC(C)O. The van der Waals surface area contributed by atoms with Gasteiger partial charge in [0, 0.05) is 18.2 Å². The summed E-state index contributed by atoms with van der Waals surface area (Å²) in [6, 6.07) is 2.80. The normalized spacial score (nSPS) is 14.5. The van der Waals surface area contributed by atoms with Gasteiger partial charge >= 0.3 is 0 Å². The predicted octanol–water partition coefficient (Wildman–Crippen LogP) is 1.04. The molecule has 0 spiro atoms. The second-order valence-electron chi connectivity index (χ2n) is 4.70. The average Bonchev–Trinajstić information content (AvgIpc) is 2.36. The lowest BCUT2D eigenvalue weighted by molar-refractivity contribution is -0.385. The third kappa shape index (κ3) is 4.66. The van der Waals surface area contributed by atoms with Crippen molar-refractivity contribution in [2.24, 2.45) is 0 Å². The van der Waals surface area contributed by atoms with Gasteiger partial charge in [-0.25, -0.2) is 13.1 Å². The van der Waals surface area contributed by atoms with Crippen LogP contribution in [-0.2, 0) is 10.0 Å². The summed E-state index contributed by atoms with van der Waals surface area (Å²) in [6.07, 6.45) is -0.453. The van der Waals surface area contributed by atoms with Gasteiger partial charge in [0.25, 0.3) is 5.69 Å². The average molecular weight is 318 g/mol. The Kier molecular flexibility index (Phi) is 5.64. The van der Waals surface area contributed by atoms with Crippen molar-refractivity contribution in [3.05, 3.63) is 28.3 Å². The number of rotatable bonds is 7. The van der Waals surface area contributed by atoms with Crippen LogP contribution >= 0.6 is 0 Å². The van der Waals surface area contributed by atoms with Gasteiger partial charge in [0.15, 0.2) is 0 Å². The van der Waals surface area contributed by atoms with Crippen molar-refractivity contribution in [1.82, 2.24) is 4.72 Å². The molecule has 0 aliphatic heterocycles. The number of aliphatic hydroxyl groups excluding tert-OH is 1. The fourth-order valence-electron chi connectivity index (χ4n) is 1.88. The number of hydrogen-bond donors (Lipinski definition) is 2. The minimum atomic E-state index is -3.99. The van der Waals surface area contributed by atoms with Crippen LogP contribution < -0.4 is 9.46 Å². The van der Waals surface area contributed by atoms with E-state index in [9.17, 15) is 23.6 Å². The largest absolute Gasteiger partial charge is 0.495 e. The van der Waals surface area contributed by atoms with Crippen molar-refractivity contribution in [1.29, 1.82) is 0 Å². The third-order valence-corrected chi connectivity index (χ3v) is 4.31. The molecule has 2 unspecified atom stereocenters. The van der Waals surface area contributed by atoms with E-state index >= 15 is 0 Å². The van der Waals surface area contributed by atoms with Crippen LogP contribution in [0.1, 0.15) is 20.3 Å². The van der Waals surface area contributed by atoms with Gasteiger partial charge in [0.05, 0.1) is 18.1 Å². The first kappa shape index (κ1) is 17.3. The lowest BCUT2D eigenvalue weighted by Gasteiger charge is -2.16. The van der Waals surface area contributed by atoms with Crippen LogP contribution in [0.2, 0.25) is 0 Å². The summed E-state index contributed by atoms with van der Waals surface area (Å²) in [7, 11) is -2.72. The quantitative estimate of drug-likeness (QED) is 0.573. The van der Waals surface area contributed by atoms with Crippen molar-refractivity contribution in [3.8, 4) is 5.75 Å². The number of nitrogens with one attached hydrogen (secondary N) is 1. The summed E-state index contributed by atoms with van der Waals surface area (Å²) in [4.78, 5) is 9.77. The molecule has 0 saturated carbocycles. The van der Waals surface area contributed by atoms with E-state index in [1.807, 2.05) is 0 Å². The van der Waals surface area contributed by atoms with Crippen molar-refractivity contribution in [2.75, 3.05) is 7.11 Å². The van der Waals surface area contributed by atoms with Gasteiger partial charge in [0.1, 0.15) is 10.6 Å². The molecule has 8 nitrogen and oxygen atoms in total. The molecule has 2 N–H and O–H groups in total. The van der Waals surface area contributed by atoms with Crippen molar-refractivity contribution >= 4 is 15.7 Å². The number of non-ortho nitro benzene ring substituents is 1. The van der Waals surface area contributed by atoms with Gasteiger partial charge < -0.3 is 9.84 Å². The summed E-state index contributed by atoms with van der Waals surface area (Å²) in [6.45, 7) is 3.13. The van der Waals surface area contributed by atoms with Crippen LogP contribution in [-0.4, -0.2) is 37.7 Å². The molecule has 0 heterocycles. The van der Waals surface area contributed by atoms with Crippen LogP contribution in [0.3, 0.4) is 0 Å². The van der Waals surface area contributed by atoms with E-state index in [0.29, 0.717) is 0 Å². The summed E-state index contributed by atoms with van der Waals surface area (Å²) in [5.74, 6) is 0.0114. The second kappa shape index (κ2) is 6.83. The molecule has 118 valence electrons. The van der Waals surface area contributed by atoms with Crippen LogP contribution in [0, 0.1) is 10.1 Å². The van der Waals surface area contributed by atoms with E-state index in [1.165, 1.54) is 13.2 Å². The van der Waals surface area contributed by atoms with Crippen LogP contribution in [0.15, 0.2) is 23.1 Å². The first-order chi connectivity index (χ1) is 9.67. The van der Waals surface area contributed by atoms with Crippen LogP contribution in [0.25, 0.3) is 0 Å². The highest BCUT2D eigenvalue weighted by molar-refractivity contribution is 7.89. The zero-order chi connectivity index (χ0) is 16.2. The molecular weight excluding hydrogens is 300 g/mol. The summed E-state index contributed by atoms with van der Waals surface area (Å²) < 4.78 is 31.9. The zero-order valence-electron chi connectivity index (χ0n) is 11.9. The maximum atomic E-state index is 12.3. The number of nitrogens with zero attached hydrogens (tertiary/aromatic N) is 1. The Balaban J connectivity index is 3.17. The Morgan fingerprint density at radius 3 is 2.52 bits per heavy atom. The maximum absolute atomic E-state index is 12.3. The highest BCUT2D eigenvalue weighted by atomic mass is 32.2. The number of ether oxygens (including phenoxy) is 1. The monoisotopic (exact) mass is 318 g/mol. The van der Waals surface area contributed by atoms with E-state index in [-0.39, 0.29) is 22.8 Å². The molecule has 21 heavy (non-hydrogen) atoms. The molecule has 0 bridgehead atoms. The Hall–Kier alpha value is -1.71. The Morgan fingerprint density at radius 2 is 2.05 bits per heavy atom. The fraction of sp³-hybridized carbons (Fsp3) is 0.500. The summed E-state index contributed by atoms with van der Waals surface area (Å²) >= 11 is 0. The molecule has 0 aromatic heterocycles. The number of methoxy groups -OCH3 is 1. The lowest BCUT2D eigenvalue weighted by Crippen LogP contribution is -2.34. The van der Waals surface area contributed by atoms with Gasteiger partial charge in [-0.15, -0.1) is 0 Å². The highest BCUT2D eigenvalue weighted by Crippen LogP contribution is 2.28. The molecule has 0 fully saturated rings. The number of sulfonamides is 1. The molecule has 1 aromatic rings. The number of hydrogen-bond acceptors (Lipinski definition) is 6. The number of nitro groups is 1. The first-order valence-corrected chi connectivity index (χ1v) is 7.68. The molecule has 0 aliphatic rings. The number of aliphatic hydroxyl groups is 1. The third-order valence-electron chi connectivity index (χ3n) is 2.70. The van der Waals surface area contributed by atoms with E-state index in [0.717, 1.165) is 12.1 Å². The molecule has 0 saturated heterocycles. The molecule has 9 heteroatoms. The maximum Gasteiger partial charge on any atom is 0.271 e. The molecular formula is C12H18N2O6S. The summed E-state index contributed by atoms with van der Waals surface area (Å²) in [5, 5.41) is 20.0. The van der Waals surface area contributed by atoms with Gasteiger partial charge in [-0.2, -0.15) is 0 Å². The van der Waals surface area contributed by atoms with Crippen molar-refractivity contribution < 1.29 is 23.2 Å². The van der Waals surface area contributed by atoms with Crippen molar-refractivity contribution in [3.63, 3.8) is 0 Å². The number of benzene rings is 1. The van der Waals surface area contributed by atoms with E-state index in [2.05, 4.69) is 4.72 Å². The molecule has 1 rings (SSSR count). The Bertz CT molecular complexity index is 614. The lowest BCUT2D eigenvalue weighted by atomic mass is 10.2. The Labute approximate surface area is 122 Å². The molecule has 0 amide bonds. The van der Waals surface area contributed by atoms with Crippen molar-refractivity contribution in [2.45, 2.75) is 37.3 Å².